The van der Waals surface area contributed by atoms with Crippen LogP contribution in [0.15, 0.2) is 22.8 Å². The lowest BCUT2D eigenvalue weighted by molar-refractivity contribution is -0.140. The predicted octanol–water partition coefficient (Wildman–Crippen LogP) is 4.20. The second-order valence-electron chi connectivity index (χ2n) is 10.4. The third kappa shape index (κ3) is 7.14. The molecule has 2 heterocycles. The average molecular weight is 510 g/mol. The van der Waals surface area contributed by atoms with Crippen LogP contribution in [-0.2, 0) is 23.8 Å². The number of carbonyl (C=O) groups is 3. The first-order chi connectivity index (χ1) is 17.3. The Kier molecular flexibility index (Phi) is 9.54. The van der Waals surface area contributed by atoms with Crippen LogP contribution < -0.4 is 0 Å². The van der Waals surface area contributed by atoms with Crippen LogP contribution in [0.1, 0.15) is 67.7 Å². The molecule has 2 rings (SSSR count). The molecule has 0 aliphatic carbocycles. The van der Waals surface area contributed by atoms with Crippen LogP contribution in [-0.4, -0.2) is 53.8 Å². The molecule has 2 bridgehead atoms. The van der Waals surface area contributed by atoms with Crippen molar-refractivity contribution in [1.82, 2.24) is 4.90 Å². The van der Waals surface area contributed by atoms with Gasteiger partial charge in [0.05, 0.1) is 18.2 Å². The molecule has 2 aliphatic heterocycles. The molecule has 0 aromatic carbocycles. The van der Waals surface area contributed by atoms with E-state index >= 15 is 0 Å². The molecule has 0 spiro atoms. The summed E-state index contributed by atoms with van der Waals surface area (Å²) in [7, 11) is 0. The Labute approximate surface area is 219 Å². The van der Waals surface area contributed by atoms with E-state index in [0.29, 0.717) is 18.4 Å². The molecular weight excluding hydrogens is 474 g/mol. The first kappa shape index (κ1) is 29.5. The normalized spacial score (nSPS) is 20.3. The summed E-state index contributed by atoms with van der Waals surface area (Å²) in [6.07, 6.45) is 2.49. The van der Waals surface area contributed by atoms with Gasteiger partial charge in [0, 0.05) is 32.2 Å². The summed E-state index contributed by atoms with van der Waals surface area (Å²) >= 11 is 0. The standard InChI is InChI=1S/C28H35N3O6/c1-18(2)22(15-36-20(4)33)25-23(28(16-29,17-30)12-8-9-13-35-19(3)32)14-21-10-11-24(25)31(21)26(34)37-27(5,6)7/h14,21,24-25H,10-13,15H2,1-7H3/t21?,24-,25+/m0/s1. The Morgan fingerprint density at radius 2 is 1.62 bits per heavy atom. The molecule has 0 aromatic heterocycles. The Hall–Kier alpha value is -3.77. The summed E-state index contributed by atoms with van der Waals surface area (Å²) in [5.74, 6) is 4.01. The van der Waals surface area contributed by atoms with Crippen LogP contribution in [0.2, 0.25) is 0 Å². The van der Waals surface area contributed by atoms with Crippen molar-refractivity contribution < 1.29 is 28.6 Å². The number of amides is 1. The largest absolute Gasteiger partial charge is 0.461 e. The lowest BCUT2D eigenvalue weighted by atomic mass is 9.67. The second-order valence-corrected chi connectivity index (χ2v) is 10.4. The van der Waals surface area contributed by atoms with Crippen LogP contribution in [0, 0.1) is 45.8 Å². The summed E-state index contributed by atoms with van der Waals surface area (Å²) in [6, 6.07) is 3.59. The maximum Gasteiger partial charge on any atom is 0.411 e. The molecule has 0 N–H and O–H groups in total. The number of nitrogens with zero attached hydrogens (tertiary/aromatic N) is 3. The highest BCUT2D eigenvalue weighted by atomic mass is 16.6. The van der Waals surface area contributed by atoms with Gasteiger partial charge in [-0.2, -0.15) is 10.5 Å². The SMILES string of the molecule is CC(=O)OCC#CCC(C#N)(C#N)C1=CC2CC[C@@H]([C@@H]1C(COC(C)=O)=C(C)C)N2C(=O)OC(C)(C)C. The summed E-state index contributed by atoms with van der Waals surface area (Å²) in [6.45, 7) is 11.5. The Morgan fingerprint density at radius 3 is 2.14 bits per heavy atom. The van der Waals surface area contributed by atoms with E-state index in [0.717, 1.165) is 11.1 Å². The van der Waals surface area contributed by atoms with Gasteiger partial charge < -0.3 is 14.2 Å². The van der Waals surface area contributed by atoms with Gasteiger partial charge in [0.1, 0.15) is 12.2 Å². The number of carbonyl (C=O) groups excluding carboxylic acids is 3. The maximum absolute atomic E-state index is 13.3. The fourth-order valence-corrected chi connectivity index (χ4v) is 4.73. The van der Waals surface area contributed by atoms with Gasteiger partial charge in [-0.15, -0.1) is 0 Å². The van der Waals surface area contributed by atoms with Gasteiger partial charge >= 0.3 is 18.0 Å². The van der Waals surface area contributed by atoms with E-state index in [1.165, 1.54) is 13.8 Å². The molecule has 198 valence electrons. The number of hydrogen-bond donors (Lipinski definition) is 0. The molecule has 1 amide bonds. The minimum absolute atomic E-state index is 0.0337. The zero-order valence-electron chi connectivity index (χ0n) is 22.6. The van der Waals surface area contributed by atoms with Gasteiger partial charge in [-0.3, -0.25) is 14.5 Å². The van der Waals surface area contributed by atoms with Crippen molar-refractivity contribution >= 4 is 18.0 Å². The molecule has 0 saturated carbocycles. The van der Waals surface area contributed by atoms with Crippen molar-refractivity contribution in [2.75, 3.05) is 13.2 Å². The van der Waals surface area contributed by atoms with E-state index < -0.39 is 41.0 Å². The third-order valence-electron chi connectivity index (χ3n) is 6.32. The zero-order chi connectivity index (χ0) is 28.0. The molecule has 0 radical (unpaired) electrons. The minimum atomic E-state index is -1.62. The third-order valence-corrected chi connectivity index (χ3v) is 6.32. The van der Waals surface area contributed by atoms with E-state index in [1.807, 2.05) is 19.9 Å². The first-order valence-corrected chi connectivity index (χ1v) is 12.2. The van der Waals surface area contributed by atoms with Crippen molar-refractivity contribution in [3.63, 3.8) is 0 Å². The number of fused-ring (bicyclic) bond motifs is 2. The second kappa shape index (κ2) is 12.0. The van der Waals surface area contributed by atoms with Crippen LogP contribution in [0.4, 0.5) is 4.79 Å². The lowest BCUT2D eigenvalue weighted by Gasteiger charge is -2.43. The Bertz CT molecular complexity index is 1120. The summed E-state index contributed by atoms with van der Waals surface area (Å²) < 4.78 is 15.9. The van der Waals surface area contributed by atoms with Gasteiger partial charge in [0.2, 0.25) is 0 Å². The lowest BCUT2D eigenvalue weighted by Crippen LogP contribution is -2.52. The monoisotopic (exact) mass is 509 g/mol. The molecule has 9 nitrogen and oxygen atoms in total. The fourth-order valence-electron chi connectivity index (χ4n) is 4.73. The molecule has 3 atom stereocenters. The molecule has 2 aliphatic rings. The summed E-state index contributed by atoms with van der Waals surface area (Å²) in [5, 5.41) is 20.6. The minimum Gasteiger partial charge on any atom is -0.461 e. The van der Waals surface area contributed by atoms with Crippen molar-refractivity contribution in [2.24, 2.45) is 11.3 Å². The van der Waals surface area contributed by atoms with Gasteiger partial charge in [-0.1, -0.05) is 23.5 Å². The van der Waals surface area contributed by atoms with E-state index in [4.69, 9.17) is 14.2 Å². The van der Waals surface area contributed by atoms with E-state index in [-0.39, 0.29) is 25.7 Å². The van der Waals surface area contributed by atoms with E-state index in [1.54, 1.807) is 25.7 Å². The zero-order valence-corrected chi connectivity index (χ0v) is 22.6. The van der Waals surface area contributed by atoms with Crippen molar-refractivity contribution in [3.05, 3.63) is 22.8 Å². The number of hydrogen-bond acceptors (Lipinski definition) is 8. The molecule has 37 heavy (non-hydrogen) atoms. The van der Waals surface area contributed by atoms with Crippen LogP contribution in [0.5, 0.6) is 0 Å². The van der Waals surface area contributed by atoms with Crippen LogP contribution in [0.25, 0.3) is 0 Å². The fraction of sp³-hybridized carbons (Fsp3) is 0.607. The van der Waals surface area contributed by atoms with Crippen molar-refractivity contribution in [3.8, 4) is 24.0 Å². The summed E-state index contributed by atoms with van der Waals surface area (Å²) in [4.78, 5) is 37.6. The number of allylic oxidation sites excluding steroid dienone is 1. The maximum atomic E-state index is 13.3. The topological polar surface area (TPSA) is 130 Å². The van der Waals surface area contributed by atoms with Crippen molar-refractivity contribution in [2.45, 2.75) is 85.4 Å². The first-order valence-electron chi connectivity index (χ1n) is 12.2. The summed E-state index contributed by atoms with van der Waals surface area (Å²) in [5.41, 5.74) is -0.199. The predicted molar refractivity (Wildman–Crippen MR) is 134 cm³/mol. The van der Waals surface area contributed by atoms with Crippen LogP contribution >= 0.6 is 0 Å². The number of rotatable bonds is 6. The highest BCUT2D eigenvalue weighted by Gasteiger charge is 2.53. The molecular formula is C28H35N3O6. The highest BCUT2D eigenvalue weighted by molar-refractivity contribution is 5.71. The molecule has 0 aromatic rings. The Morgan fingerprint density at radius 1 is 1.00 bits per heavy atom. The highest BCUT2D eigenvalue weighted by Crippen LogP contribution is 2.50. The molecule has 1 saturated heterocycles. The Balaban J connectivity index is 2.63. The van der Waals surface area contributed by atoms with Crippen LogP contribution in [0.3, 0.4) is 0 Å². The molecule has 9 heteroatoms. The number of nitriles is 2. The van der Waals surface area contributed by atoms with Gasteiger partial charge in [-0.05, 0) is 58.6 Å². The number of esters is 2. The van der Waals surface area contributed by atoms with Crippen molar-refractivity contribution in [1.29, 1.82) is 10.5 Å². The van der Waals surface area contributed by atoms with Gasteiger partial charge in [0.25, 0.3) is 0 Å². The number of ether oxygens (including phenoxy) is 3. The van der Waals surface area contributed by atoms with E-state index in [9.17, 15) is 24.9 Å². The molecule has 1 fully saturated rings. The smallest absolute Gasteiger partial charge is 0.411 e. The van der Waals surface area contributed by atoms with Gasteiger partial charge in [0.15, 0.2) is 12.0 Å². The molecule has 1 unspecified atom stereocenters. The van der Waals surface area contributed by atoms with E-state index in [2.05, 4.69) is 24.0 Å². The average Bonchev–Trinajstić information content (AvgIpc) is 3.11. The van der Waals surface area contributed by atoms with Gasteiger partial charge in [-0.25, -0.2) is 4.79 Å². The quantitative estimate of drug-likeness (QED) is 0.225.